The zero-order valence-corrected chi connectivity index (χ0v) is 23.0. The molecule has 4 aromatic rings. The predicted molar refractivity (Wildman–Crippen MR) is 148 cm³/mol. The number of nitrogens with zero attached hydrogens (tertiary/aromatic N) is 3. The van der Waals surface area contributed by atoms with Gasteiger partial charge in [-0.15, -0.1) is 0 Å². The van der Waals surface area contributed by atoms with E-state index in [4.69, 9.17) is 9.26 Å². The Hall–Kier alpha value is -4.53. The molecule has 10 nitrogen and oxygen atoms in total. The highest BCUT2D eigenvalue weighted by atomic mass is 32.2. The van der Waals surface area contributed by atoms with E-state index in [1.165, 1.54) is 19.1 Å². The van der Waals surface area contributed by atoms with Crippen molar-refractivity contribution >= 4 is 21.6 Å². The Bertz CT molecular complexity index is 1720. The minimum absolute atomic E-state index is 0.0722. The van der Waals surface area contributed by atoms with E-state index in [1.54, 1.807) is 30.3 Å². The fraction of sp³-hybridized carbons (Fsp3) is 0.241. The maximum Gasteiger partial charge on any atom is 0.258 e. The standard InChI is InChI=1S/C29H27N5O5S/c1-17(2)38-27-14-7-19(15-20(27)16-30)29-32-28(33-39-29)25-6-4-5-24-23(25)12-13-26(24)34-40(36,37)22-10-8-21(9-11-22)31-18(3)35/h4-11,14-15,17,26,34H,12-13H2,1-3H3,(H,31,35)/t26-/m0/s1. The van der Waals surface area contributed by atoms with Gasteiger partial charge < -0.3 is 14.6 Å². The van der Waals surface area contributed by atoms with Crippen molar-refractivity contribution < 1.29 is 22.5 Å². The van der Waals surface area contributed by atoms with Crippen molar-refractivity contribution in [2.75, 3.05) is 5.32 Å². The highest BCUT2D eigenvalue weighted by molar-refractivity contribution is 7.89. The average molecular weight is 558 g/mol. The van der Waals surface area contributed by atoms with Crippen LogP contribution in [0.4, 0.5) is 5.69 Å². The first kappa shape index (κ1) is 27.1. The average Bonchev–Trinajstić information content (AvgIpc) is 3.56. The molecule has 3 aromatic carbocycles. The molecule has 1 aromatic heterocycles. The van der Waals surface area contributed by atoms with Crippen molar-refractivity contribution in [3.63, 3.8) is 0 Å². The number of carbonyl (C=O) groups excluding carboxylic acids is 1. The molecule has 11 heteroatoms. The van der Waals surface area contributed by atoms with E-state index in [2.05, 4.69) is 26.2 Å². The van der Waals surface area contributed by atoms with Gasteiger partial charge in [-0.05, 0) is 80.3 Å². The third-order valence-electron chi connectivity index (χ3n) is 6.43. The molecule has 5 rings (SSSR count). The summed E-state index contributed by atoms with van der Waals surface area (Å²) >= 11 is 0. The van der Waals surface area contributed by atoms with E-state index in [-0.39, 0.29) is 22.8 Å². The lowest BCUT2D eigenvalue weighted by atomic mass is 10.0. The first-order valence-electron chi connectivity index (χ1n) is 12.7. The van der Waals surface area contributed by atoms with Crippen LogP contribution in [-0.2, 0) is 21.2 Å². The van der Waals surface area contributed by atoms with Crippen molar-refractivity contribution in [2.45, 2.75) is 50.7 Å². The quantitative estimate of drug-likeness (QED) is 0.308. The third-order valence-corrected chi connectivity index (χ3v) is 7.92. The van der Waals surface area contributed by atoms with Gasteiger partial charge in [0.25, 0.3) is 5.89 Å². The number of nitrogens with one attached hydrogen (secondary N) is 2. The lowest BCUT2D eigenvalue weighted by Gasteiger charge is -2.15. The fourth-order valence-electron chi connectivity index (χ4n) is 4.72. The zero-order valence-electron chi connectivity index (χ0n) is 22.1. The Kier molecular flexibility index (Phi) is 7.38. The van der Waals surface area contributed by atoms with E-state index in [0.29, 0.717) is 41.2 Å². The van der Waals surface area contributed by atoms with Gasteiger partial charge in [0.2, 0.25) is 21.8 Å². The van der Waals surface area contributed by atoms with Gasteiger partial charge in [-0.2, -0.15) is 10.2 Å². The van der Waals surface area contributed by atoms with Crippen molar-refractivity contribution in [3.8, 4) is 34.7 Å². The molecule has 1 heterocycles. The molecule has 40 heavy (non-hydrogen) atoms. The molecule has 1 aliphatic carbocycles. The van der Waals surface area contributed by atoms with Gasteiger partial charge in [0.05, 0.1) is 16.6 Å². The Morgan fingerprint density at radius 2 is 1.93 bits per heavy atom. The summed E-state index contributed by atoms with van der Waals surface area (Å²) < 4.78 is 40.3. The summed E-state index contributed by atoms with van der Waals surface area (Å²) in [4.78, 5) is 15.9. The molecule has 0 saturated carbocycles. The van der Waals surface area contributed by atoms with Gasteiger partial charge in [0, 0.05) is 29.8 Å². The third kappa shape index (κ3) is 5.59. The van der Waals surface area contributed by atoms with Crippen LogP contribution in [0.15, 0.2) is 70.1 Å². The van der Waals surface area contributed by atoms with Gasteiger partial charge in [-0.1, -0.05) is 23.4 Å². The number of fused-ring (bicyclic) bond motifs is 1. The number of nitriles is 1. The van der Waals surface area contributed by atoms with Crippen LogP contribution in [0.1, 0.15) is 49.9 Å². The number of ether oxygens (including phenoxy) is 1. The Morgan fingerprint density at radius 3 is 2.62 bits per heavy atom. The van der Waals surface area contributed by atoms with Crippen LogP contribution in [0.25, 0.3) is 22.8 Å². The molecule has 2 N–H and O–H groups in total. The predicted octanol–water partition coefficient (Wildman–Crippen LogP) is 4.99. The highest BCUT2D eigenvalue weighted by Gasteiger charge is 2.30. The van der Waals surface area contributed by atoms with Crippen LogP contribution < -0.4 is 14.8 Å². The summed E-state index contributed by atoms with van der Waals surface area (Å²) in [6.07, 6.45) is 1.13. The molecule has 0 bridgehead atoms. The molecule has 1 atom stereocenters. The molecule has 0 aliphatic heterocycles. The van der Waals surface area contributed by atoms with Crippen molar-refractivity contribution in [1.82, 2.24) is 14.9 Å². The van der Waals surface area contributed by atoms with E-state index in [9.17, 15) is 18.5 Å². The normalized spacial score (nSPS) is 14.5. The van der Waals surface area contributed by atoms with E-state index >= 15 is 0 Å². The molecule has 0 radical (unpaired) electrons. The van der Waals surface area contributed by atoms with Crippen LogP contribution >= 0.6 is 0 Å². The van der Waals surface area contributed by atoms with Crippen LogP contribution in [0, 0.1) is 11.3 Å². The van der Waals surface area contributed by atoms with E-state index < -0.39 is 16.1 Å². The number of amides is 1. The van der Waals surface area contributed by atoms with Crippen LogP contribution in [-0.4, -0.2) is 30.6 Å². The number of anilines is 1. The summed E-state index contributed by atoms with van der Waals surface area (Å²) in [5.74, 6) is 0.893. The van der Waals surface area contributed by atoms with Gasteiger partial charge in [-0.25, -0.2) is 13.1 Å². The van der Waals surface area contributed by atoms with Crippen molar-refractivity contribution in [3.05, 3.63) is 77.4 Å². The highest BCUT2D eigenvalue weighted by Crippen LogP contribution is 2.38. The summed E-state index contributed by atoms with van der Waals surface area (Å²) in [7, 11) is -3.81. The topological polar surface area (TPSA) is 147 Å². The largest absolute Gasteiger partial charge is 0.490 e. The van der Waals surface area contributed by atoms with Crippen LogP contribution in [0.3, 0.4) is 0 Å². The molecule has 0 saturated heterocycles. The molecule has 0 unspecified atom stereocenters. The SMILES string of the molecule is CC(=O)Nc1ccc(S(=O)(=O)N[C@H]2CCc3c(-c4noc(-c5ccc(OC(C)C)c(C#N)c5)n4)cccc32)cc1. The summed E-state index contributed by atoms with van der Waals surface area (Å²) in [6.45, 7) is 5.16. The van der Waals surface area contributed by atoms with Crippen LogP contribution in [0.2, 0.25) is 0 Å². The number of hydrogen-bond acceptors (Lipinski definition) is 8. The summed E-state index contributed by atoms with van der Waals surface area (Å²) in [6, 6.07) is 18.5. The first-order valence-corrected chi connectivity index (χ1v) is 14.2. The number of aromatic nitrogens is 2. The molecular weight excluding hydrogens is 530 g/mol. The number of carbonyl (C=O) groups is 1. The monoisotopic (exact) mass is 557 g/mol. The molecule has 204 valence electrons. The smallest absolute Gasteiger partial charge is 0.258 e. The van der Waals surface area contributed by atoms with Gasteiger partial charge in [0.1, 0.15) is 11.8 Å². The minimum atomic E-state index is -3.81. The van der Waals surface area contributed by atoms with Crippen molar-refractivity contribution in [2.24, 2.45) is 0 Å². The van der Waals surface area contributed by atoms with Crippen molar-refractivity contribution in [1.29, 1.82) is 5.26 Å². The molecule has 1 amide bonds. The number of rotatable bonds is 8. The molecule has 0 fully saturated rings. The maximum absolute atomic E-state index is 13.1. The van der Waals surface area contributed by atoms with E-state index in [0.717, 1.165) is 16.7 Å². The van der Waals surface area contributed by atoms with Gasteiger partial charge in [0.15, 0.2) is 0 Å². The second-order valence-corrected chi connectivity index (χ2v) is 11.4. The number of sulfonamides is 1. The summed E-state index contributed by atoms with van der Waals surface area (Å²) in [5, 5.41) is 16.4. The second-order valence-electron chi connectivity index (χ2n) is 9.70. The number of benzene rings is 3. The summed E-state index contributed by atoms with van der Waals surface area (Å²) in [5.41, 5.74) is 4.03. The fourth-order valence-corrected chi connectivity index (χ4v) is 5.97. The van der Waals surface area contributed by atoms with E-state index in [1.807, 2.05) is 32.0 Å². The number of hydrogen-bond donors (Lipinski definition) is 2. The minimum Gasteiger partial charge on any atom is -0.490 e. The second kappa shape index (κ2) is 10.9. The Balaban J connectivity index is 1.38. The van der Waals surface area contributed by atoms with Crippen LogP contribution in [0.5, 0.6) is 5.75 Å². The maximum atomic E-state index is 13.1. The first-order chi connectivity index (χ1) is 19.1. The molecule has 1 aliphatic rings. The van der Waals surface area contributed by atoms with Gasteiger partial charge >= 0.3 is 0 Å². The lowest BCUT2D eigenvalue weighted by molar-refractivity contribution is -0.114. The lowest BCUT2D eigenvalue weighted by Crippen LogP contribution is -2.27. The molecular formula is C29H27N5O5S. The Morgan fingerprint density at radius 1 is 1.15 bits per heavy atom. The Labute approximate surface area is 232 Å². The zero-order chi connectivity index (χ0) is 28.4. The van der Waals surface area contributed by atoms with Gasteiger partial charge in [-0.3, -0.25) is 4.79 Å². The molecule has 0 spiro atoms.